The third-order valence-corrected chi connectivity index (χ3v) is 4.81. The van der Waals surface area contributed by atoms with Crippen LogP contribution in [0.15, 0.2) is 83.9 Å². The van der Waals surface area contributed by atoms with Crippen LogP contribution < -0.4 is 20.5 Å². The second-order valence-corrected chi connectivity index (χ2v) is 9.09. The highest BCUT2D eigenvalue weighted by Crippen LogP contribution is 2.26. The van der Waals surface area contributed by atoms with Gasteiger partial charge in [-0.05, 0) is 69.7 Å². The van der Waals surface area contributed by atoms with Crippen LogP contribution in [0, 0.1) is 0 Å². The molecule has 0 aromatic heterocycles. The van der Waals surface area contributed by atoms with Crippen molar-refractivity contribution in [3.63, 3.8) is 0 Å². The van der Waals surface area contributed by atoms with E-state index in [0.717, 1.165) is 5.56 Å². The highest BCUT2D eigenvalue weighted by Gasteiger charge is 2.18. The third kappa shape index (κ3) is 8.47. The molecule has 0 saturated carbocycles. The summed E-state index contributed by atoms with van der Waals surface area (Å²) in [5.41, 5.74) is 6.63. The SMILES string of the molecule is CC(NC(=O)c1ccc(Oc2cccc(OCc3ccccc3)c2)cc1)/C(N)=N/C(=O)OC(C)(C)C. The Labute approximate surface area is 211 Å². The van der Waals surface area contributed by atoms with E-state index >= 15 is 0 Å². The fourth-order valence-electron chi connectivity index (χ4n) is 3.02. The molecule has 188 valence electrons. The molecule has 36 heavy (non-hydrogen) atoms. The summed E-state index contributed by atoms with van der Waals surface area (Å²) in [6.07, 6.45) is -0.808. The van der Waals surface area contributed by atoms with Crippen LogP contribution in [0.1, 0.15) is 43.6 Å². The molecule has 8 nitrogen and oxygen atoms in total. The van der Waals surface area contributed by atoms with E-state index in [2.05, 4.69) is 10.3 Å². The van der Waals surface area contributed by atoms with Gasteiger partial charge in [0.05, 0.1) is 6.04 Å². The molecule has 0 aliphatic carbocycles. The summed E-state index contributed by atoms with van der Waals surface area (Å²) in [6, 6.07) is 23.2. The van der Waals surface area contributed by atoms with E-state index in [4.69, 9.17) is 19.9 Å². The molecular formula is C28H31N3O5. The topological polar surface area (TPSA) is 112 Å². The number of hydrogen-bond acceptors (Lipinski definition) is 5. The fraction of sp³-hybridized carbons (Fsp3) is 0.250. The second kappa shape index (κ2) is 11.9. The Bertz CT molecular complexity index is 1200. The lowest BCUT2D eigenvalue weighted by Crippen LogP contribution is -2.43. The van der Waals surface area contributed by atoms with Gasteiger partial charge in [-0.2, -0.15) is 4.99 Å². The standard InChI is InChI=1S/C28H31N3O5/c1-19(25(29)31-27(33)36-28(2,3)4)30-26(32)21-13-15-22(16-14-21)35-24-12-8-11-23(17-24)34-18-20-9-6-5-7-10-20/h5-17,19H,18H2,1-4H3,(H,30,32)(H2,29,31,33). The number of carbonyl (C=O) groups excluding carboxylic acids is 2. The molecule has 0 radical (unpaired) electrons. The Hall–Kier alpha value is -4.33. The van der Waals surface area contributed by atoms with Crippen molar-refractivity contribution in [1.29, 1.82) is 0 Å². The highest BCUT2D eigenvalue weighted by atomic mass is 16.6. The lowest BCUT2D eigenvalue weighted by molar-refractivity contribution is 0.0602. The molecule has 0 saturated heterocycles. The summed E-state index contributed by atoms with van der Waals surface area (Å²) in [7, 11) is 0. The zero-order valence-electron chi connectivity index (χ0n) is 20.9. The molecule has 3 N–H and O–H groups in total. The summed E-state index contributed by atoms with van der Waals surface area (Å²) in [6.45, 7) is 7.27. The molecule has 0 aliphatic heterocycles. The normalized spacial score (nSPS) is 12.4. The van der Waals surface area contributed by atoms with E-state index in [9.17, 15) is 9.59 Å². The quantitative estimate of drug-likeness (QED) is 0.321. The van der Waals surface area contributed by atoms with Gasteiger partial charge in [0, 0.05) is 11.6 Å². The van der Waals surface area contributed by atoms with E-state index in [-0.39, 0.29) is 11.7 Å². The first kappa shape index (κ1) is 26.3. The van der Waals surface area contributed by atoms with Gasteiger partial charge in [0.15, 0.2) is 0 Å². The lowest BCUT2D eigenvalue weighted by atomic mass is 10.2. The van der Waals surface area contributed by atoms with Crippen LogP contribution >= 0.6 is 0 Å². The number of aliphatic imine (C=N–C) groups is 1. The molecule has 1 atom stereocenters. The Balaban J connectivity index is 1.55. The van der Waals surface area contributed by atoms with Gasteiger partial charge in [-0.25, -0.2) is 4.79 Å². The van der Waals surface area contributed by atoms with Gasteiger partial charge >= 0.3 is 6.09 Å². The lowest BCUT2D eigenvalue weighted by Gasteiger charge is -2.18. The summed E-state index contributed by atoms with van der Waals surface area (Å²) < 4.78 is 16.9. The van der Waals surface area contributed by atoms with Gasteiger partial charge in [0.2, 0.25) is 0 Å². The van der Waals surface area contributed by atoms with Crippen molar-refractivity contribution >= 4 is 17.8 Å². The monoisotopic (exact) mass is 489 g/mol. The number of benzene rings is 3. The fourth-order valence-corrected chi connectivity index (χ4v) is 3.02. The summed E-state index contributed by atoms with van der Waals surface area (Å²) in [4.78, 5) is 28.1. The number of carbonyl (C=O) groups is 2. The number of nitrogens with one attached hydrogen (secondary N) is 1. The van der Waals surface area contributed by atoms with Gasteiger partial charge in [-0.1, -0.05) is 36.4 Å². The molecule has 0 aliphatic rings. The van der Waals surface area contributed by atoms with Crippen LogP contribution in [0.25, 0.3) is 0 Å². The van der Waals surface area contributed by atoms with Crippen molar-refractivity contribution in [1.82, 2.24) is 5.32 Å². The van der Waals surface area contributed by atoms with Crippen LogP contribution in [0.3, 0.4) is 0 Å². The molecule has 3 aromatic rings. The minimum absolute atomic E-state index is 0.0491. The number of ether oxygens (including phenoxy) is 3. The first-order valence-electron chi connectivity index (χ1n) is 11.5. The molecule has 0 heterocycles. The van der Waals surface area contributed by atoms with E-state index in [0.29, 0.717) is 29.4 Å². The van der Waals surface area contributed by atoms with Crippen molar-refractivity contribution in [2.24, 2.45) is 10.7 Å². The maximum Gasteiger partial charge on any atom is 0.435 e. The Kier molecular flexibility index (Phi) is 8.67. The summed E-state index contributed by atoms with van der Waals surface area (Å²) in [5, 5.41) is 2.71. The summed E-state index contributed by atoms with van der Waals surface area (Å²) >= 11 is 0. The minimum atomic E-state index is -0.808. The van der Waals surface area contributed by atoms with Crippen LogP contribution in [-0.4, -0.2) is 29.5 Å². The number of nitrogens with zero attached hydrogens (tertiary/aromatic N) is 1. The van der Waals surface area contributed by atoms with E-state index < -0.39 is 17.7 Å². The first-order valence-corrected chi connectivity index (χ1v) is 11.5. The number of hydrogen-bond donors (Lipinski definition) is 2. The van der Waals surface area contributed by atoms with Gasteiger partial charge in [0.25, 0.3) is 5.91 Å². The highest BCUT2D eigenvalue weighted by molar-refractivity contribution is 6.00. The maximum atomic E-state index is 12.6. The zero-order chi connectivity index (χ0) is 26.1. The molecule has 1 unspecified atom stereocenters. The van der Waals surface area contributed by atoms with Crippen LogP contribution in [-0.2, 0) is 11.3 Å². The third-order valence-electron chi connectivity index (χ3n) is 4.81. The number of nitrogens with two attached hydrogens (primary N) is 1. The maximum absolute atomic E-state index is 12.6. The predicted octanol–water partition coefficient (Wildman–Crippen LogP) is 5.47. The number of rotatable bonds is 8. The number of amides is 2. The van der Waals surface area contributed by atoms with Crippen LogP contribution in [0.4, 0.5) is 4.79 Å². The average Bonchev–Trinajstić information content (AvgIpc) is 2.83. The van der Waals surface area contributed by atoms with Crippen molar-refractivity contribution in [2.45, 2.75) is 45.9 Å². The van der Waals surface area contributed by atoms with Crippen molar-refractivity contribution in [2.75, 3.05) is 0 Å². The van der Waals surface area contributed by atoms with E-state index in [1.54, 1.807) is 58.0 Å². The Morgan fingerprint density at radius 1 is 0.917 bits per heavy atom. The molecule has 0 bridgehead atoms. The molecule has 3 rings (SSSR count). The van der Waals surface area contributed by atoms with Gasteiger partial charge in [-0.3, -0.25) is 4.79 Å². The van der Waals surface area contributed by atoms with Crippen LogP contribution in [0.2, 0.25) is 0 Å². The largest absolute Gasteiger partial charge is 0.489 e. The zero-order valence-corrected chi connectivity index (χ0v) is 20.9. The average molecular weight is 490 g/mol. The van der Waals surface area contributed by atoms with Gasteiger partial charge in [-0.15, -0.1) is 0 Å². The van der Waals surface area contributed by atoms with Crippen molar-refractivity contribution < 1.29 is 23.8 Å². The minimum Gasteiger partial charge on any atom is -0.489 e. The molecule has 0 spiro atoms. The first-order chi connectivity index (χ1) is 17.1. The second-order valence-electron chi connectivity index (χ2n) is 9.09. The van der Waals surface area contributed by atoms with Gasteiger partial charge in [0.1, 0.15) is 35.3 Å². The number of amidine groups is 1. The van der Waals surface area contributed by atoms with E-state index in [1.807, 2.05) is 48.5 Å². The molecule has 3 aromatic carbocycles. The molecular weight excluding hydrogens is 458 g/mol. The van der Waals surface area contributed by atoms with Crippen LogP contribution in [0.5, 0.6) is 17.2 Å². The Morgan fingerprint density at radius 2 is 1.58 bits per heavy atom. The van der Waals surface area contributed by atoms with Crippen molar-refractivity contribution in [3.8, 4) is 17.2 Å². The van der Waals surface area contributed by atoms with E-state index in [1.165, 1.54) is 0 Å². The molecule has 2 amide bonds. The molecule has 0 fully saturated rings. The predicted molar refractivity (Wildman–Crippen MR) is 139 cm³/mol. The smallest absolute Gasteiger partial charge is 0.435 e. The molecule has 8 heteroatoms. The summed E-state index contributed by atoms with van der Waals surface area (Å²) in [5.74, 6) is 1.44. The Morgan fingerprint density at radius 3 is 2.25 bits per heavy atom. The van der Waals surface area contributed by atoms with Gasteiger partial charge < -0.3 is 25.3 Å². The van der Waals surface area contributed by atoms with Crippen molar-refractivity contribution in [3.05, 3.63) is 90.0 Å².